The van der Waals surface area contributed by atoms with E-state index in [2.05, 4.69) is 11.1 Å². The molecule has 1 aliphatic rings. The predicted molar refractivity (Wildman–Crippen MR) is 74.1 cm³/mol. The van der Waals surface area contributed by atoms with Gasteiger partial charge < -0.3 is 9.32 Å². The standard InChI is InChI=1S/C15H15N3O2/c1-10-17-12-5-4-11(8-13(12)20-10)18(2)14(19)15(9-16)6-3-7-15/h4-5,8H,3,6-7H2,1-2H3. The van der Waals surface area contributed by atoms with Gasteiger partial charge in [-0.1, -0.05) is 0 Å². The lowest BCUT2D eigenvalue weighted by Crippen LogP contribution is -2.45. The summed E-state index contributed by atoms with van der Waals surface area (Å²) in [6.45, 7) is 1.79. The molecule has 1 saturated carbocycles. The lowest BCUT2D eigenvalue weighted by Gasteiger charge is -2.36. The molecule has 1 aromatic heterocycles. The number of aromatic nitrogens is 1. The second kappa shape index (κ2) is 4.34. The first-order valence-electron chi connectivity index (χ1n) is 6.62. The van der Waals surface area contributed by atoms with Gasteiger partial charge in [-0.25, -0.2) is 4.98 Å². The molecule has 3 rings (SSSR count). The Hall–Kier alpha value is -2.35. The van der Waals surface area contributed by atoms with Crippen LogP contribution in [0.25, 0.3) is 11.1 Å². The predicted octanol–water partition coefficient (Wildman–Crippen LogP) is 2.79. The average molecular weight is 269 g/mol. The molecule has 0 N–H and O–H groups in total. The largest absolute Gasteiger partial charge is 0.441 e. The third kappa shape index (κ3) is 1.76. The van der Waals surface area contributed by atoms with Gasteiger partial charge in [-0.2, -0.15) is 5.26 Å². The molecule has 5 heteroatoms. The van der Waals surface area contributed by atoms with Crippen LogP contribution in [0.4, 0.5) is 5.69 Å². The van der Waals surface area contributed by atoms with Crippen LogP contribution in [0.3, 0.4) is 0 Å². The number of carbonyl (C=O) groups excluding carboxylic acids is 1. The molecular weight excluding hydrogens is 254 g/mol. The van der Waals surface area contributed by atoms with Gasteiger partial charge >= 0.3 is 0 Å². The third-order valence-electron chi connectivity index (χ3n) is 4.00. The van der Waals surface area contributed by atoms with Gasteiger partial charge in [0.25, 0.3) is 0 Å². The monoisotopic (exact) mass is 269 g/mol. The lowest BCUT2D eigenvalue weighted by molar-refractivity contribution is -0.128. The highest BCUT2D eigenvalue weighted by molar-refractivity contribution is 6.00. The van der Waals surface area contributed by atoms with Crippen molar-refractivity contribution in [3.8, 4) is 6.07 Å². The first-order valence-corrected chi connectivity index (χ1v) is 6.62. The normalized spacial score (nSPS) is 16.4. The zero-order valence-corrected chi connectivity index (χ0v) is 11.5. The van der Waals surface area contributed by atoms with E-state index in [1.807, 2.05) is 12.1 Å². The van der Waals surface area contributed by atoms with E-state index in [-0.39, 0.29) is 5.91 Å². The Morgan fingerprint density at radius 3 is 2.85 bits per heavy atom. The fourth-order valence-corrected chi connectivity index (χ4v) is 2.58. The summed E-state index contributed by atoms with van der Waals surface area (Å²) in [5.41, 5.74) is 1.31. The number of aryl methyl sites for hydroxylation is 1. The Labute approximate surface area is 116 Å². The Balaban J connectivity index is 1.94. The van der Waals surface area contributed by atoms with Gasteiger partial charge in [0.1, 0.15) is 10.9 Å². The van der Waals surface area contributed by atoms with Crippen molar-refractivity contribution in [2.75, 3.05) is 11.9 Å². The summed E-state index contributed by atoms with van der Waals surface area (Å²) in [4.78, 5) is 18.2. The molecule has 1 heterocycles. The van der Waals surface area contributed by atoms with Crippen molar-refractivity contribution in [3.05, 3.63) is 24.1 Å². The number of oxazole rings is 1. The van der Waals surface area contributed by atoms with Crippen LogP contribution < -0.4 is 4.90 Å². The molecular formula is C15H15N3O2. The average Bonchev–Trinajstić information content (AvgIpc) is 2.76. The maximum atomic E-state index is 12.5. The Kier molecular flexibility index (Phi) is 2.75. The van der Waals surface area contributed by atoms with Gasteiger partial charge in [-0.15, -0.1) is 0 Å². The maximum absolute atomic E-state index is 12.5. The molecule has 0 saturated heterocycles. The van der Waals surface area contributed by atoms with Gasteiger partial charge in [-0.05, 0) is 31.4 Å². The quantitative estimate of drug-likeness (QED) is 0.840. The number of hydrogen-bond acceptors (Lipinski definition) is 4. The van der Waals surface area contributed by atoms with Crippen molar-refractivity contribution < 1.29 is 9.21 Å². The van der Waals surface area contributed by atoms with E-state index in [1.54, 1.807) is 24.9 Å². The van der Waals surface area contributed by atoms with Gasteiger partial charge in [0, 0.05) is 25.7 Å². The number of anilines is 1. The number of carbonyl (C=O) groups is 1. The fourth-order valence-electron chi connectivity index (χ4n) is 2.58. The molecule has 5 nitrogen and oxygen atoms in total. The summed E-state index contributed by atoms with van der Waals surface area (Å²) in [5.74, 6) is 0.459. The molecule has 0 unspecified atom stereocenters. The van der Waals surface area contributed by atoms with E-state index < -0.39 is 5.41 Å². The van der Waals surface area contributed by atoms with Crippen LogP contribution in [0.15, 0.2) is 22.6 Å². The Morgan fingerprint density at radius 2 is 2.25 bits per heavy atom. The van der Waals surface area contributed by atoms with E-state index in [0.29, 0.717) is 24.3 Å². The van der Waals surface area contributed by atoms with Crippen LogP contribution in [0, 0.1) is 23.7 Å². The molecule has 1 aliphatic carbocycles. The van der Waals surface area contributed by atoms with Crippen molar-refractivity contribution >= 4 is 22.7 Å². The van der Waals surface area contributed by atoms with Crippen LogP contribution >= 0.6 is 0 Å². The highest BCUT2D eigenvalue weighted by Gasteiger charge is 2.46. The summed E-state index contributed by atoms with van der Waals surface area (Å²) >= 11 is 0. The maximum Gasteiger partial charge on any atom is 0.247 e. The number of rotatable bonds is 2. The van der Waals surface area contributed by atoms with Crippen LogP contribution in [0.1, 0.15) is 25.2 Å². The number of amides is 1. The lowest BCUT2D eigenvalue weighted by atomic mass is 9.69. The van der Waals surface area contributed by atoms with Crippen LogP contribution in [-0.4, -0.2) is 17.9 Å². The molecule has 0 bridgehead atoms. The highest BCUT2D eigenvalue weighted by atomic mass is 16.3. The van der Waals surface area contributed by atoms with E-state index in [1.165, 1.54) is 0 Å². The number of nitrogens with zero attached hydrogens (tertiary/aromatic N) is 3. The van der Waals surface area contributed by atoms with Crippen molar-refractivity contribution in [2.24, 2.45) is 5.41 Å². The Morgan fingerprint density at radius 1 is 1.50 bits per heavy atom. The molecule has 0 radical (unpaired) electrons. The molecule has 1 fully saturated rings. The summed E-state index contributed by atoms with van der Waals surface area (Å²) in [7, 11) is 1.70. The summed E-state index contributed by atoms with van der Waals surface area (Å²) in [6, 6.07) is 7.62. The molecule has 0 spiro atoms. The first kappa shape index (κ1) is 12.7. The minimum atomic E-state index is -0.832. The van der Waals surface area contributed by atoms with Crippen LogP contribution in [0.2, 0.25) is 0 Å². The first-order chi connectivity index (χ1) is 9.55. The summed E-state index contributed by atoms with van der Waals surface area (Å²) in [6.07, 6.45) is 2.24. The molecule has 0 atom stereocenters. The molecule has 1 amide bonds. The zero-order chi connectivity index (χ0) is 14.3. The second-order valence-corrected chi connectivity index (χ2v) is 5.30. The van der Waals surface area contributed by atoms with E-state index >= 15 is 0 Å². The number of fused-ring (bicyclic) bond motifs is 1. The third-order valence-corrected chi connectivity index (χ3v) is 4.00. The van der Waals surface area contributed by atoms with Crippen molar-refractivity contribution in [1.29, 1.82) is 5.26 Å². The van der Waals surface area contributed by atoms with Crippen LogP contribution in [-0.2, 0) is 4.79 Å². The van der Waals surface area contributed by atoms with Crippen molar-refractivity contribution in [2.45, 2.75) is 26.2 Å². The fraction of sp³-hybridized carbons (Fsp3) is 0.400. The SMILES string of the molecule is Cc1nc2ccc(N(C)C(=O)C3(C#N)CCC3)cc2o1. The van der Waals surface area contributed by atoms with Crippen molar-refractivity contribution in [1.82, 2.24) is 4.98 Å². The zero-order valence-electron chi connectivity index (χ0n) is 11.5. The van der Waals surface area contributed by atoms with Crippen LogP contribution in [0.5, 0.6) is 0 Å². The Bertz CT molecular complexity index is 722. The molecule has 102 valence electrons. The minimum absolute atomic E-state index is 0.137. The smallest absolute Gasteiger partial charge is 0.247 e. The van der Waals surface area contributed by atoms with Gasteiger partial charge in [0.15, 0.2) is 11.5 Å². The number of benzene rings is 1. The van der Waals surface area contributed by atoms with Gasteiger partial charge in [0.2, 0.25) is 5.91 Å². The molecule has 1 aromatic carbocycles. The molecule has 2 aromatic rings. The van der Waals surface area contributed by atoms with Gasteiger partial charge in [0.05, 0.1) is 6.07 Å². The number of hydrogen-bond donors (Lipinski definition) is 0. The number of nitriles is 1. The van der Waals surface area contributed by atoms with E-state index in [4.69, 9.17) is 4.42 Å². The van der Waals surface area contributed by atoms with Crippen molar-refractivity contribution in [3.63, 3.8) is 0 Å². The highest BCUT2D eigenvalue weighted by Crippen LogP contribution is 2.42. The topological polar surface area (TPSA) is 70.1 Å². The van der Waals surface area contributed by atoms with E-state index in [9.17, 15) is 10.1 Å². The second-order valence-electron chi connectivity index (χ2n) is 5.30. The van der Waals surface area contributed by atoms with E-state index in [0.717, 1.165) is 17.6 Å². The van der Waals surface area contributed by atoms with Gasteiger partial charge in [-0.3, -0.25) is 4.79 Å². The molecule has 0 aliphatic heterocycles. The summed E-state index contributed by atoms with van der Waals surface area (Å²) in [5, 5.41) is 9.25. The summed E-state index contributed by atoms with van der Waals surface area (Å²) < 4.78 is 5.48. The molecule has 20 heavy (non-hydrogen) atoms. The minimum Gasteiger partial charge on any atom is -0.441 e.